The zero-order valence-electron chi connectivity index (χ0n) is 15.3. The SMILES string of the molecule is C=CCN1C[C@@H](c2nc3ccccc3n2C/C=C/c2ccccc2)CC1=O. The highest BCUT2D eigenvalue weighted by Crippen LogP contribution is 2.30. The Morgan fingerprint density at radius 1 is 1.07 bits per heavy atom. The molecule has 1 aliphatic rings. The van der Waals surface area contributed by atoms with Gasteiger partial charge in [0.25, 0.3) is 0 Å². The number of imidazole rings is 1. The number of rotatable bonds is 6. The molecule has 136 valence electrons. The minimum atomic E-state index is 0.120. The molecule has 2 aromatic carbocycles. The number of para-hydroxylation sites is 2. The van der Waals surface area contributed by atoms with Crippen LogP contribution in [0.1, 0.15) is 23.7 Å². The van der Waals surface area contributed by atoms with Gasteiger partial charge in [0.1, 0.15) is 5.82 Å². The lowest BCUT2D eigenvalue weighted by atomic mass is 10.1. The Morgan fingerprint density at radius 2 is 1.85 bits per heavy atom. The number of amides is 1. The maximum absolute atomic E-state index is 12.3. The summed E-state index contributed by atoms with van der Waals surface area (Å²) in [5, 5.41) is 0. The van der Waals surface area contributed by atoms with Gasteiger partial charge >= 0.3 is 0 Å². The van der Waals surface area contributed by atoms with E-state index < -0.39 is 0 Å². The second kappa shape index (κ2) is 7.62. The third-order valence-electron chi connectivity index (χ3n) is 5.01. The molecule has 0 unspecified atom stereocenters. The normalized spacial score (nSPS) is 17.3. The summed E-state index contributed by atoms with van der Waals surface area (Å²) in [6.45, 7) is 5.79. The van der Waals surface area contributed by atoms with E-state index in [1.54, 1.807) is 6.08 Å². The topological polar surface area (TPSA) is 38.1 Å². The molecule has 4 heteroatoms. The Balaban J connectivity index is 1.65. The number of aromatic nitrogens is 2. The standard InChI is InChI=1S/C23H23N3O/c1-2-14-25-17-19(16-22(25)27)23-24-20-12-6-7-13-21(20)26(23)15-8-11-18-9-4-3-5-10-18/h2-13,19H,1,14-17H2/b11-8+/t19-/m0/s1. The fraction of sp³-hybridized carbons (Fsp3) is 0.217. The largest absolute Gasteiger partial charge is 0.338 e. The highest BCUT2D eigenvalue weighted by Gasteiger charge is 2.33. The van der Waals surface area contributed by atoms with Crippen molar-refractivity contribution in [3.63, 3.8) is 0 Å². The van der Waals surface area contributed by atoms with Crippen molar-refractivity contribution < 1.29 is 4.79 Å². The Hall–Kier alpha value is -3.14. The van der Waals surface area contributed by atoms with Crippen LogP contribution in [-0.2, 0) is 11.3 Å². The highest BCUT2D eigenvalue weighted by atomic mass is 16.2. The number of hydrogen-bond acceptors (Lipinski definition) is 2. The number of carbonyl (C=O) groups excluding carboxylic acids is 1. The summed E-state index contributed by atoms with van der Waals surface area (Å²) in [7, 11) is 0. The van der Waals surface area contributed by atoms with Crippen molar-refractivity contribution >= 4 is 23.0 Å². The van der Waals surface area contributed by atoms with Crippen LogP contribution in [0, 0.1) is 0 Å². The first-order chi connectivity index (χ1) is 13.3. The summed E-state index contributed by atoms with van der Waals surface area (Å²) >= 11 is 0. The highest BCUT2D eigenvalue weighted by molar-refractivity contribution is 5.81. The minimum Gasteiger partial charge on any atom is -0.338 e. The van der Waals surface area contributed by atoms with Gasteiger partial charge in [-0.2, -0.15) is 0 Å². The minimum absolute atomic E-state index is 0.120. The van der Waals surface area contributed by atoms with Crippen molar-refractivity contribution in [1.82, 2.24) is 14.5 Å². The van der Waals surface area contributed by atoms with Gasteiger partial charge in [-0.1, -0.05) is 60.7 Å². The summed E-state index contributed by atoms with van der Waals surface area (Å²) in [4.78, 5) is 19.0. The van der Waals surface area contributed by atoms with Crippen molar-refractivity contribution in [3.8, 4) is 0 Å². The van der Waals surface area contributed by atoms with Crippen LogP contribution >= 0.6 is 0 Å². The molecule has 0 radical (unpaired) electrons. The maximum Gasteiger partial charge on any atom is 0.223 e. The lowest BCUT2D eigenvalue weighted by Crippen LogP contribution is -2.25. The van der Waals surface area contributed by atoms with E-state index >= 15 is 0 Å². The van der Waals surface area contributed by atoms with Crippen LogP contribution in [0.2, 0.25) is 0 Å². The van der Waals surface area contributed by atoms with Crippen molar-refractivity contribution in [3.05, 3.63) is 84.7 Å². The fourth-order valence-corrected chi connectivity index (χ4v) is 3.73. The molecule has 1 aliphatic heterocycles. The third-order valence-corrected chi connectivity index (χ3v) is 5.01. The fourth-order valence-electron chi connectivity index (χ4n) is 3.73. The molecule has 1 aromatic heterocycles. The summed E-state index contributed by atoms with van der Waals surface area (Å²) in [6, 6.07) is 18.5. The second-order valence-corrected chi connectivity index (χ2v) is 6.87. The molecule has 0 bridgehead atoms. The van der Waals surface area contributed by atoms with E-state index in [1.807, 2.05) is 41.3 Å². The molecule has 1 fully saturated rings. The quantitative estimate of drug-likeness (QED) is 0.619. The lowest BCUT2D eigenvalue weighted by molar-refractivity contribution is -0.127. The van der Waals surface area contributed by atoms with E-state index in [2.05, 4.69) is 41.5 Å². The van der Waals surface area contributed by atoms with Gasteiger partial charge in [-0.05, 0) is 17.7 Å². The van der Waals surface area contributed by atoms with Gasteiger partial charge in [-0.25, -0.2) is 4.98 Å². The van der Waals surface area contributed by atoms with Crippen LogP contribution in [0.3, 0.4) is 0 Å². The predicted octanol–water partition coefficient (Wildman–Crippen LogP) is 4.25. The van der Waals surface area contributed by atoms with E-state index in [0.717, 1.165) is 23.4 Å². The van der Waals surface area contributed by atoms with E-state index in [9.17, 15) is 4.79 Å². The monoisotopic (exact) mass is 357 g/mol. The first kappa shape index (κ1) is 17.3. The zero-order valence-corrected chi connectivity index (χ0v) is 15.3. The number of carbonyl (C=O) groups is 1. The molecule has 27 heavy (non-hydrogen) atoms. The molecule has 0 aliphatic carbocycles. The van der Waals surface area contributed by atoms with Crippen molar-refractivity contribution in [2.45, 2.75) is 18.9 Å². The number of fused-ring (bicyclic) bond motifs is 1. The number of allylic oxidation sites excluding steroid dienone is 1. The van der Waals surface area contributed by atoms with Gasteiger partial charge in [0.2, 0.25) is 5.91 Å². The first-order valence-electron chi connectivity index (χ1n) is 9.31. The predicted molar refractivity (Wildman–Crippen MR) is 109 cm³/mol. The van der Waals surface area contributed by atoms with Crippen molar-refractivity contribution in [2.24, 2.45) is 0 Å². The molecule has 2 heterocycles. The average Bonchev–Trinajstić information content (AvgIpc) is 3.24. The number of benzene rings is 2. The van der Waals surface area contributed by atoms with E-state index in [4.69, 9.17) is 4.98 Å². The molecule has 3 aromatic rings. The number of hydrogen-bond donors (Lipinski definition) is 0. The van der Waals surface area contributed by atoms with Crippen molar-refractivity contribution in [1.29, 1.82) is 0 Å². The van der Waals surface area contributed by atoms with Crippen LogP contribution in [-0.4, -0.2) is 33.4 Å². The van der Waals surface area contributed by atoms with Crippen LogP contribution in [0.15, 0.2) is 73.3 Å². The summed E-state index contributed by atoms with van der Waals surface area (Å²) in [6.07, 6.45) is 6.58. The molecule has 0 saturated carbocycles. The zero-order chi connectivity index (χ0) is 18.6. The Morgan fingerprint density at radius 3 is 2.67 bits per heavy atom. The van der Waals surface area contributed by atoms with Crippen LogP contribution in [0.5, 0.6) is 0 Å². The molecular weight excluding hydrogens is 334 g/mol. The Kier molecular flexibility index (Phi) is 4.88. The molecule has 1 amide bonds. The van der Waals surface area contributed by atoms with Gasteiger partial charge in [0, 0.05) is 32.0 Å². The van der Waals surface area contributed by atoms with E-state index in [0.29, 0.717) is 19.5 Å². The van der Waals surface area contributed by atoms with E-state index in [-0.39, 0.29) is 11.8 Å². The molecule has 0 spiro atoms. The van der Waals surface area contributed by atoms with Crippen LogP contribution in [0.25, 0.3) is 17.1 Å². The van der Waals surface area contributed by atoms with Gasteiger partial charge < -0.3 is 9.47 Å². The van der Waals surface area contributed by atoms with E-state index in [1.165, 1.54) is 5.56 Å². The smallest absolute Gasteiger partial charge is 0.223 e. The third kappa shape index (κ3) is 3.56. The molecule has 0 N–H and O–H groups in total. The average molecular weight is 357 g/mol. The van der Waals surface area contributed by atoms with Gasteiger partial charge in [-0.15, -0.1) is 6.58 Å². The molecule has 1 saturated heterocycles. The molecule has 1 atom stereocenters. The summed E-state index contributed by atoms with van der Waals surface area (Å²) < 4.78 is 2.24. The van der Waals surface area contributed by atoms with Gasteiger partial charge in [0.05, 0.1) is 11.0 Å². The van der Waals surface area contributed by atoms with Gasteiger partial charge in [-0.3, -0.25) is 4.79 Å². The van der Waals surface area contributed by atoms with Crippen LogP contribution < -0.4 is 0 Å². The van der Waals surface area contributed by atoms with Crippen molar-refractivity contribution in [2.75, 3.05) is 13.1 Å². The molecular formula is C23H23N3O. The number of nitrogens with zero attached hydrogens (tertiary/aromatic N) is 3. The van der Waals surface area contributed by atoms with Gasteiger partial charge in [0.15, 0.2) is 0 Å². The first-order valence-corrected chi connectivity index (χ1v) is 9.31. The molecule has 4 nitrogen and oxygen atoms in total. The molecule has 4 rings (SSSR count). The Bertz CT molecular complexity index is 987. The lowest BCUT2D eigenvalue weighted by Gasteiger charge is -2.15. The second-order valence-electron chi connectivity index (χ2n) is 6.87. The summed E-state index contributed by atoms with van der Waals surface area (Å²) in [5.41, 5.74) is 3.27. The Labute approximate surface area is 159 Å². The maximum atomic E-state index is 12.3. The summed E-state index contributed by atoms with van der Waals surface area (Å²) in [5.74, 6) is 1.29. The van der Waals surface area contributed by atoms with Crippen LogP contribution in [0.4, 0.5) is 0 Å². The number of likely N-dealkylation sites (tertiary alicyclic amines) is 1.